The molecule has 4 aliphatic carbocycles. The van der Waals surface area contributed by atoms with Crippen molar-refractivity contribution in [3.8, 4) is 0 Å². The Morgan fingerprint density at radius 2 is 0.976 bits per heavy atom. The third-order valence-corrected chi connectivity index (χ3v) is 11.3. The highest BCUT2D eigenvalue weighted by atomic mass is 16.1. The fourth-order valence-corrected chi connectivity index (χ4v) is 9.21. The van der Waals surface area contributed by atoms with Gasteiger partial charge in [0.05, 0.1) is 24.2 Å². The number of hydrogen-bond acceptors (Lipinski definition) is 8. The van der Waals surface area contributed by atoms with E-state index in [9.17, 15) is 19.2 Å². The normalized spacial score (nSPS) is 36.3. The number of aliphatic imine (C=N–C) groups is 4. The SMILES string of the molecule is CCCC1CC(N=C=O)CCC1(CCC)C1CCC(N=C=O)CC1.O=C=NC1CCC(C2CCC(N=C=O)CC2)CC1. The maximum atomic E-state index is 10.7. The molecule has 3 unspecified atom stereocenters. The second kappa shape index (κ2) is 18.2. The number of hydrogen-bond donors (Lipinski definition) is 0. The van der Waals surface area contributed by atoms with Gasteiger partial charge in [0, 0.05) is 0 Å². The molecule has 3 atom stereocenters. The molecule has 0 aromatic heterocycles. The highest BCUT2D eigenvalue weighted by Gasteiger charge is 2.48. The first-order chi connectivity index (χ1) is 20.5. The predicted octanol–water partition coefficient (Wildman–Crippen LogP) is 7.75. The Kier molecular flexibility index (Phi) is 14.8. The van der Waals surface area contributed by atoms with Crippen molar-refractivity contribution in [2.75, 3.05) is 0 Å². The molecule has 0 aromatic rings. The van der Waals surface area contributed by atoms with Gasteiger partial charge in [-0.25, -0.2) is 39.1 Å². The van der Waals surface area contributed by atoms with Crippen LogP contribution in [0.25, 0.3) is 0 Å². The average molecular weight is 581 g/mol. The van der Waals surface area contributed by atoms with E-state index in [1.165, 1.54) is 70.6 Å². The van der Waals surface area contributed by atoms with Crippen molar-refractivity contribution in [1.29, 1.82) is 0 Å². The minimum absolute atomic E-state index is 0.181. The van der Waals surface area contributed by atoms with Gasteiger partial charge in [0.2, 0.25) is 24.3 Å². The minimum Gasteiger partial charge on any atom is -0.211 e. The quantitative estimate of drug-likeness (QED) is 0.194. The summed E-state index contributed by atoms with van der Waals surface area (Å²) >= 11 is 0. The molecule has 4 rings (SSSR count). The van der Waals surface area contributed by atoms with E-state index in [1.807, 2.05) is 0 Å². The van der Waals surface area contributed by atoms with Gasteiger partial charge >= 0.3 is 0 Å². The van der Waals surface area contributed by atoms with Gasteiger partial charge in [0.1, 0.15) is 0 Å². The molecule has 0 radical (unpaired) electrons. The lowest BCUT2D eigenvalue weighted by Gasteiger charge is -2.52. The molecule has 0 N–H and O–H groups in total. The number of isocyanates is 4. The lowest BCUT2D eigenvalue weighted by atomic mass is 9.53. The molecule has 4 saturated carbocycles. The third-order valence-electron chi connectivity index (χ3n) is 11.3. The summed E-state index contributed by atoms with van der Waals surface area (Å²) in [6.07, 6.45) is 28.4. The van der Waals surface area contributed by atoms with E-state index in [0.717, 1.165) is 69.1 Å². The summed E-state index contributed by atoms with van der Waals surface area (Å²) in [5.41, 5.74) is 0.398. The zero-order valence-corrected chi connectivity index (χ0v) is 26.0. The van der Waals surface area contributed by atoms with Crippen LogP contribution in [-0.4, -0.2) is 48.5 Å². The second-order valence-corrected chi connectivity index (χ2v) is 13.4. The van der Waals surface area contributed by atoms with Crippen molar-refractivity contribution in [3.63, 3.8) is 0 Å². The molecule has 0 spiro atoms. The third kappa shape index (κ3) is 9.51. The average Bonchev–Trinajstić information content (AvgIpc) is 3.01. The molecular formula is C34H52N4O4. The summed E-state index contributed by atoms with van der Waals surface area (Å²) in [7, 11) is 0. The monoisotopic (exact) mass is 580 g/mol. The van der Waals surface area contributed by atoms with Gasteiger partial charge < -0.3 is 0 Å². The van der Waals surface area contributed by atoms with E-state index < -0.39 is 0 Å². The first kappa shape index (κ1) is 34.0. The van der Waals surface area contributed by atoms with Gasteiger partial charge in [0.25, 0.3) is 0 Å². The number of nitrogens with zero attached hydrogens (tertiary/aromatic N) is 4. The van der Waals surface area contributed by atoms with Crippen LogP contribution in [0.5, 0.6) is 0 Å². The van der Waals surface area contributed by atoms with Gasteiger partial charge in [-0.15, -0.1) is 0 Å². The van der Waals surface area contributed by atoms with Crippen molar-refractivity contribution in [1.82, 2.24) is 0 Å². The van der Waals surface area contributed by atoms with Crippen LogP contribution in [0.4, 0.5) is 0 Å². The van der Waals surface area contributed by atoms with Crippen LogP contribution in [-0.2, 0) is 19.2 Å². The summed E-state index contributed by atoms with van der Waals surface area (Å²) in [5.74, 6) is 2.95. The minimum atomic E-state index is 0.181. The van der Waals surface area contributed by atoms with Crippen LogP contribution in [0.15, 0.2) is 20.0 Å². The van der Waals surface area contributed by atoms with Gasteiger partial charge in [-0.2, -0.15) is 0 Å². The largest absolute Gasteiger partial charge is 0.235 e. The topological polar surface area (TPSA) is 118 Å². The summed E-state index contributed by atoms with van der Waals surface area (Å²) in [5, 5.41) is 0. The molecule has 8 heteroatoms. The van der Waals surface area contributed by atoms with Crippen LogP contribution in [0.3, 0.4) is 0 Å². The fourth-order valence-electron chi connectivity index (χ4n) is 9.21. The lowest BCUT2D eigenvalue weighted by Crippen LogP contribution is -2.45. The van der Waals surface area contributed by atoms with Crippen molar-refractivity contribution >= 4 is 24.3 Å². The van der Waals surface area contributed by atoms with Crippen molar-refractivity contribution in [2.24, 2.45) is 49.1 Å². The molecule has 0 amide bonds. The first-order valence-corrected chi connectivity index (χ1v) is 16.8. The van der Waals surface area contributed by atoms with Crippen molar-refractivity contribution in [2.45, 2.75) is 160 Å². The maximum Gasteiger partial charge on any atom is 0.235 e. The number of carbonyl (C=O) groups excluding carboxylic acids is 4. The number of rotatable bonds is 10. The lowest BCUT2D eigenvalue weighted by molar-refractivity contribution is -0.0162. The molecule has 4 fully saturated rings. The van der Waals surface area contributed by atoms with Crippen LogP contribution in [0, 0.1) is 29.1 Å². The Morgan fingerprint density at radius 3 is 1.38 bits per heavy atom. The zero-order valence-electron chi connectivity index (χ0n) is 26.0. The highest BCUT2D eigenvalue weighted by Crippen LogP contribution is 2.56. The summed E-state index contributed by atoms with van der Waals surface area (Å²) in [6, 6.07) is 0.808. The van der Waals surface area contributed by atoms with Gasteiger partial charge in [-0.05, 0) is 132 Å². The van der Waals surface area contributed by atoms with E-state index in [-0.39, 0.29) is 24.2 Å². The molecule has 8 nitrogen and oxygen atoms in total. The van der Waals surface area contributed by atoms with Gasteiger partial charge in [-0.1, -0.05) is 33.1 Å². The van der Waals surface area contributed by atoms with Crippen molar-refractivity contribution < 1.29 is 19.2 Å². The van der Waals surface area contributed by atoms with Crippen LogP contribution in [0.1, 0.15) is 136 Å². The van der Waals surface area contributed by atoms with Crippen LogP contribution in [0.2, 0.25) is 0 Å². The first-order valence-electron chi connectivity index (χ1n) is 16.8. The summed E-state index contributed by atoms with van der Waals surface area (Å²) < 4.78 is 0. The molecule has 0 bridgehead atoms. The maximum absolute atomic E-state index is 10.7. The molecule has 42 heavy (non-hydrogen) atoms. The fraction of sp³-hybridized carbons (Fsp3) is 0.882. The Balaban J connectivity index is 0.000000240. The smallest absolute Gasteiger partial charge is 0.211 e. The van der Waals surface area contributed by atoms with Crippen LogP contribution >= 0.6 is 0 Å². The highest BCUT2D eigenvalue weighted by molar-refractivity contribution is 5.34. The Hall–Kier alpha value is -2.48. The zero-order chi connectivity index (χ0) is 30.2. The summed E-state index contributed by atoms with van der Waals surface area (Å²) in [6.45, 7) is 4.56. The second-order valence-electron chi connectivity index (χ2n) is 13.4. The standard InChI is InChI=1S/C20H32N2O2.C14H20N2O2/c1-3-5-17-13-19(22-15-24)10-12-20(17,11-4-2)16-6-8-18(9-7-16)21-14-23;17-9-15-13-5-1-11(2-6-13)12-3-7-14(8-4-12)16-10-18/h16-19H,3-13H2,1-2H3;11-14H,1-8H2. The van der Waals surface area contributed by atoms with E-state index in [2.05, 4.69) is 33.8 Å². The van der Waals surface area contributed by atoms with Gasteiger partial charge in [-0.3, -0.25) is 0 Å². The van der Waals surface area contributed by atoms with E-state index in [1.54, 1.807) is 24.3 Å². The van der Waals surface area contributed by atoms with Gasteiger partial charge in [0.15, 0.2) is 0 Å². The molecule has 0 saturated heterocycles. The molecule has 0 heterocycles. The van der Waals surface area contributed by atoms with E-state index in [0.29, 0.717) is 11.3 Å². The Bertz CT molecular complexity index is 965. The molecule has 232 valence electrons. The van der Waals surface area contributed by atoms with E-state index in [4.69, 9.17) is 0 Å². The van der Waals surface area contributed by atoms with E-state index >= 15 is 0 Å². The predicted molar refractivity (Wildman–Crippen MR) is 163 cm³/mol. The van der Waals surface area contributed by atoms with Crippen molar-refractivity contribution in [3.05, 3.63) is 0 Å². The molecule has 4 aliphatic rings. The Morgan fingerprint density at radius 1 is 0.548 bits per heavy atom. The Labute approximate surface area is 252 Å². The summed E-state index contributed by atoms with van der Waals surface area (Å²) in [4.78, 5) is 57.3. The molecule has 0 aliphatic heterocycles. The van der Waals surface area contributed by atoms with Crippen LogP contribution < -0.4 is 0 Å². The molecular weight excluding hydrogens is 528 g/mol. The molecule has 0 aromatic carbocycles.